The Balaban J connectivity index is 0.000000557. The Morgan fingerprint density at radius 2 is 1.85 bits per heavy atom. The second-order valence-electron chi connectivity index (χ2n) is 8.93. The number of carbonyl (C=O) groups excluding carboxylic acids is 2. The van der Waals surface area contributed by atoms with Crippen LogP contribution >= 0.6 is 0 Å². The lowest BCUT2D eigenvalue weighted by atomic mass is 9.88. The van der Waals surface area contributed by atoms with Crippen molar-refractivity contribution in [3.05, 3.63) is 113 Å². The van der Waals surface area contributed by atoms with E-state index in [0.29, 0.717) is 28.9 Å². The zero-order valence-electron chi connectivity index (χ0n) is 21.6. The van der Waals surface area contributed by atoms with Crippen LogP contribution in [0.1, 0.15) is 30.0 Å². The lowest BCUT2D eigenvalue weighted by Crippen LogP contribution is -2.18. The molecule has 40 heavy (non-hydrogen) atoms. The SMILES string of the molecule is C/C=C\C(=O)O.O=C(Cc1ccc(Oc2ccnc3c2CCN3)c(F)c1)C1=CCC=C(c2ccc(F)cc2)C1=O. The molecule has 0 radical (unpaired) electrons. The number of aromatic nitrogens is 1. The summed E-state index contributed by atoms with van der Waals surface area (Å²) in [5, 5.41) is 11.0. The highest BCUT2D eigenvalue weighted by Gasteiger charge is 2.25. The van der Waals surface area contributed by atoms with Gasteiger partial charge in [0.25, 0.3) is 0 Å². The van der Waals surface area contributed by atoms with Crippen LogP contribution in [0.3, 0.4) is 0 Å². The highest BCUT2D eigenvalue weighted by molar-refractivity contribution is 6.39. The summed E-state index contributed by atoms with van der Waals surface area (Å²) in [5.74, 6) is -1.39. The number of aliphatic carboxylic acids is 1. The fraction of sp³-hybridized carbons (Fsp3) is 0.161. The number of nitrogens with one attached hydrogen (secondary N) is 1. The number of carboxylic acids is 1. The van der Waals surface area contributed by atoms with E-state index in [4.69, 9.17) is 9.84 Å². The molecule has 0 bridgehead atoms. The minimum absolute atomic E-state index is 0.0472. The van der Waals surface area contributed by atoms with Crippen molar-refractivity contribution >= 4 is 28.9 Å². The first-order chi connectivity index (χ1) is 19.3. The molecule has 2 N–H and O–H groups in total. The number of carboxylic acid groups (broad SMARTS) is 1. The molecule has 0 fully saturated rings. The van der Waals surface area contributed by atoms with Crippen molar-refractivity contribution in [2.45, 2.75) is 26.2 Å². The Bertz CT molecular complexity index is 1540. The van der Waals surface area contributed by atoms with Gasteiger partial charge in [-0.05, 0) is 61.2 Å². The minimum atomic E-state index is -0.891. The molecule has 0 saturated heterocycles. The summed E-state index contributed by atoms with van der Waals surface area (Å²) in [5.41, 5.74) is 2.30. The molecule has 0 atom stereocenters. The van der Waals surface area contributed by atoms with E-state index in [2.05, 4.69) is 10.3 Å². The van der Waals surface area contributed by atoms with Crippen LogP contribution < -0.4 is 10.1 Å². The fourth-order valence-electron chi connectivity index (χ4n) is 4.29. The van der Waals surface area contributed by atoms with Gasteiger partial charge in [0.1, 0.15) is 17.4 Å². The van der Waals surface area contributed by atoms with Gasteiger partial charge >= 0.3 is 5.97 Å². The van der Waals surface area contributed by atoms with Gasteiger partial charge in [0.15, 0.2) is 23.1 Å². The summed E-state index contributed by atoms with van der Waals surface area (Å²) in [6.07, 6.45) is 8.46. The highest BCUT2D eigenvalue weighted by Crippen LogP contribution is 2.34. The van der Waals surface area contributed by atoms with Gasteiger partial charge in [-0.15, -0.1) is 0 Å². The maximum absolute atomic E-state index is 14.8. The van der Waals surface area contributed by atoms with Gasteiger partial charge in [-0.2, -0.15) is 0 Å². The average molecular weight is 545 g/mol. The molecule has 1 aliphatic heterocycles. The number of nitrogens with zero attached hydrogens (tertiary/aromatic N) is 1. The van der Waals surface area contributed by atoms with Crippen LogP contribution in [0, 0.1) is 11.6 Å². The van der Waals surface area contributed by atoms with Gasteiger partial charge < -0.3 is 15.2 Å². The van der Waals surface area contributed by atoms with Gasteiger partial charge in [-0.25, -0.2) is 18.6 Å². The monoisotopic (exact) mass is 544 g/mol. The van der Waals surface area contributed by atoms with E-state index in [9.17, 15) is 23.2 Å². The van der Waals surface area contributed by atoms with Crippen molar-refractivity contribution < 1.29 is 33.0 Å². The number of carbonyl (C=O) groups is 3. The Morgan fingerprint density at radius 1 is 1.07 bits per heavy atom. The first-order valence-electron chi connectivity index (χ1n) is 12.5. The Kier molecular flexibility index (Phi) is 8.96. The molecule has 204 valence electrons. The summed E-state index contributed by atoms with van der Waals surface area (Å²) >= 11 is 0. The molecular formula is C31H26F2N2O5. The van der Waals surface area contributed by atoms with Gasteiger partial charge in [0.2, 0.25) is 0 Å². The molecule has 0 saturated carbocycles. The number of halogens is 2. The molecule has 5 rings (SSSR count). The summed E-state index contributed by atoms with van der Waals surface area (Å²) in [6.45, 7) is 2.41. The fourth-order valence-corrected chi connectivity index (χ4v) is 4.29. The van der Waals surface area contributed by atoms with Gasteiger partial charge in [-0.1, -0.05) is 36.4 Å². The van der Waals surface area contributed by atoms with Crippen molar-refractivity contribution in [1.82, 2.24) is 4.98 Å². The standard InChI is InChI=1S/C27H20F2N2O3.C4H6O2/c28-18-7-5-17(6-8-18)19-2-1-3-20(26(19)33)23(32)15-16-4-9-25(22(29)14-16)34-24-11-13-31-27-21(24)10-12-30-27;1-2-3-4(5)6/h2-9,11,13-14H,1,10,12,15H2,(H,30,31);2-3H,1H3,(H,5,6)/b;3-2-. The van der Waals surface area contributed by atoms with Crippen LogP contribution in [0.25, 0.3) is 5.57 Å². The quantitative estimate of drug-likeness (QED) is 0.283. The number of hydrogen-bond acceptors (Lipinski definition) is 6. The van der Waals surface area contributed by atoms with E-state index >= 15 is 0 Å². The number of ether oxygens (including phenoxy) is 1. The third-order valence-corrected chi connectivity index (χ3v) is 6.16. The molecule has 2 aromatic carbocycles. The minimum Gasteiger partial charge on any atom is -0.478 e. The predicted octanol–water partition coefficient (Wildman–Crippen LogP) is 5.86. The van der Waals surface area contributed by atoms with Gasteiger partial charge in [0, 0.05) is 36.4 Å². The number of Topliss-reactive ketones (excluding diaryl/α,β-unsaturated/α-hetero) is 2. The number of pyridine rings is 1. The maximum atomic E-state index is 14.8. The van der Waals surface area contributed by atoms with E-state index in [1.165, 1.54) is 42.5 Å². The molecule has 2 heterocycles. The van der Waals surface area contributed by atoms with Crippen molar-refractivity contribution in [1.29, 1.82) is 0 Å². The molecule has 3 aromatic rings. The van der Waals surface area contributed by atoms with E-state index in [-0.39, 0.29) is 17.7 Å². The molecule has 0 amide bonds. The van der Waals surface area contributed by atoms with Crippen LogP contribution in [-0.4, -0.2) is 34.2 Å². The number of anilines is 1. The van der Waals surface area contributed by atoms with Crippen molar-refractivity contribution in [3.63, 3.8) is 0 Å². The lowest BCUT2D eigenvalue weighted by Gasteiger charge is -2.14. The molecule has 1 aliphatic carbocycles. The molecule has 1 aromatic heterocycles. The van der Waals surface area contributed by atoms with E-state index < -0.39 is 29.2 Å². The van der Waals surface area contributed by atoms with Crippen LogP contribution in [0.5, 0.6) is 11.5 Å². The summed E-state index contributed by atoms with van der Waals surface area (Å²) < 4.78 is 33.8. The molecular weight excluding hydrogens is 518 g/mol. The second-order valence-corrected chi connectivity index (χ2v) is 8.93. The number of benzene rings is 2. The molecule has 0 unspecified atom stereocenters. The number of hydrogen-bond donors (Lipinski definition) is 2. The van der Waals surface area contributed by atoms with E-state index in [1.807, 2.05) is 0 Å². The largest absolute Gasteiger partial charge is 0.478 e. The zero-order valence-corrected chi connectivity index (χ0v) is 21.6. The normalized spacial score (nSPS) is 13.9. The van der Waals surface area contributed by atoms with E-state index in [1.54, 1.807) is 37.4 Å². The second kappa shape index (κ2) is 12.8. The molecule has 0 spiro atoms. The van der Waals surface area contributed by atoms with E-state index in [0.717, 1.165) is 30.4 Å². The molecule has 2 aliphatic rings. The summed E-state index contributed by atoms with van der Waals surface area (Å²) in [7, 11) is 0. The zero-order chi connectivity index (χ0) is 28.6. The predicted molar refractivity (Wildman–Crippen MR) is 146 cm³/mol. The number of fused-ring (bicyclic) bond motifs is 1. The Labute approximate surface area is 229 Å². The van der Waals surface area contributed by atoms with Crippen LogP contribution in [-0.2, 0) is 27.2 Å². The topological polar surface area (TPSA) is 106 Å². The molecule has 9 heteroatoms. The Morgan fingerprint density at radius 3 is 2.52 bits per heavy atom. The first kappa shape index (κ1) is 28.1. The van der Waals surface area contributed by atoms with Crippen LogP contribution in [0.15, 0.2) is 84.6 Å². The Hall–Kier alpha value is -4.92. The smallest absolute Gasteiger partial charge is 0.327 e. The van der Waals surface area contributed by atoms with Crippen molar-refractivity contribution in [2.24, 2.45) is 0 Å². The van der Waals surface area contributed by atoms with Gasteiger partial charge in [-0.3, -0.25) is 9.59 Å². The van der Waals surface area contributed by atoms with Crippen LogP contribution in [0.4, 0.5) is 14.6 Å². The highest BCUT2D eigenvalue weighted by atomic mass is 19.1. The summed E-state index contributed by atoms with van der Waals surface area (Å²) in [4.78, 5) is 39.5. The maximum Gasteiger partial charge on any atom is 0.327 e. The average Bonchev–Trinajstić information content (AvgIpc) is 3.41. The lowest BCUT2D eigenvalue weighted by molar-refractivity contribution is -0.131. The number of rotatable bonds is 7. The van der Waals surface area contributed by atoms with Crippen molar-refractivity contribution in [2.75, 3.05) is 11.9 Å². The van der Waals surface area contributed by atoms with Crippen LogP contribution in [0.2, 0.25) is 0 Å². The summed E-state index contributed by atoms with van der Waals surface area (Å²) in [6, 6.07) is 11.6. The number of allylic oxidation sites excluding steroid dienone is 5. The molecule has 7 nitrogen and oxygen atoms in total. The first-order valence-corrected chi connectivity index (χ1v) is 12.5. The van der Waals surface area contributed by atoms with Crippen molar-refractivity contribution in [3.8, 4) is 11.5 Å². The number of ketones is 2. The third kappa shape index (κ3) is 6.74. The van der Waals surface area contributed by atoms with Gasteiger partial charge in [0.05, 0.1) is 5.57 Å². The third-order valence-electron chi connectivity index (χ3n) is 6.16.